The maximum atomic E-state index is 13.2. The molecule has 0 saturated carbocycles. The quantitative estimate of drug-likeness (QED) is 0.768. The number of halogens is 2. The van der Waals surface area contributed by atoms with Crippen molar-refractivity contribution in [3.05, 3.63) is 53.2 Å². The molecule has 8 heteroatoms. The Balaban J connectivity index is 2.19. The normalized spacial score (nSPS) is 13.4. The van der Waals surface area contributed by atoms with Crippen LogP contribution in [-0.4, -0.2) is 33.0 Å². The largest absolute Gasteiger partial charge is 0.468 e. The minimum Gasteiger partial charge on any atom is -0.468 e. The topological polar surface area (TPSA) is 62.6 Å². The molecule has 0 radical (unpaired) electrons. The molecule has 0 aliphatic rings. The van der Waals surface area contributed by atoms with Crippen LogP contribution in [0.3, 0.4) is 0 Å². The standard InChI is InChI=1S/C16H20ClFN2O3S/c1-3-20(4-2)15(16-6-5-9-23-16)11-19-24(21,22)12-7-8-14(18)13(17)10-12/h5-10,15,19H,3-4,11H2,1-2H3. The maximum Gasteiger partial charge on any atom is 0.240 e. The Morgan fingerprint density at radius 1 is 1.29 bits per heavy atom. The molecule has 0 spiro atoms. The Morgan fingerprint density at radius 2 is 2.00 bits per heavy atom. The molecular formula is C16H20ClFN2O3S. The van der Waals surface area contributed by atoms with Gasteiger partial charge in [-0.2, -0.15) is 0 Å². The first-order chi connectivity index (χ1) is 11.4. The minimum absolute atomic E-state index is 0.0772. The van der Waals surface area contributed by atoms with E-state index in [9.17, 15) is 12.8 Å². The van der Waals surface area contributed by atoms with Crippen molar-refractivity contribution in [1.82, 2.24) is 9.62 Å². The summed E-state index contributed by atoms with van der Waals surface area (Å²) in [6.45, 7) is 5.60. The molecule has 132 valence electrons. The van der Waals surface area contributed by atoms with E-state index in [0.717, 1.165) is 25.2 Å². The van der Waals surface area contributed by atoms with Gasteiger partial charge in [-0.15, -0.1) is 0 Å². The lowest BCUT2D eigenvalue weighted by Crippen LogP contribution is -2.37. The van der Waals surface area contributed by atoms with Gasteiger partial charge in [-0.05, 0) is 43.4 Å². The van der Waals surface area contributed by atoms with E-state index in [2.05, 4.69) is 9.62 Å². The van der Waals surface area contributed by atoms with Crippen molar-refractivity contribution in [2.45, 2.75) is 24.8 Å². The first kappa shape index (κ1) is 18.9. The highest BCUT2D eigenvalue weighted by molar-refractivity contribution is 7.89. The van der Waals surface area contributed by atoms with Gasteiger partial charge < -0.3 is 4.42 Å². The zero-order valence-electron chi connectivity index (χ0n) is 13.5. The number of sulfonamides is 1. The summed E-state index contributed by atoms with van der Waals surface area (Å²) in [5.74, 6) is 0.0192. The van der Waals surface area contributed by atoms with Crippen molar-refractivity contribution in [3.8, 4) is 0 Å². The van der Waals surface area contributed by atoms with Crippen LogP contribution in [0.5, 0.6) is 0 Å². The van der Waals surface area contributed by atoms with Gasteiger partial charge in [0.05, 0.1) is 22.2 Å². The van der Waals surface area contributed by atoms with E-state index in [4.69, 9.17) is 16.0 Å². The number of likely N-dealkylation sites (N-methyl/N-ethyl adjacent to an activating group) is 1. The van der Waals surface area contributed by atoms with Crippen LogP contribution >= 0.6 is 11.6 Å². The van der Waals surface area contributed by atoms with Crippen LogP contribution in [0.2, 0.25) is 5.02 Å². The summed E-state index contributed by atoms with van der Waals surface area (Å²) in [6.07, 6.45) is 1.56. The number of furan rings is 1. The summed E-state index contributed by atoms with van der Waals surface area (Å²) >= 11 is 5.67. The number of nitrogens with one attached hydrogen (secondary N) is 1. The molecule has 0 bridgehead atoms. The van der Waals surface area contributed by atoms with E-state index >= 15 is 0 Å². The maximum absolute atomic E-state index is 13.2. The van der Waals surface area contributed by atoms with Gasteiger partial charge in [0.1, 0.15) is 11.6 Å². The van der Waals surface area contributed by atoms with E-state index in [-0.39, 0.29) is 22.5 Å². The molecule has 2 aromatic rings. The average Bonchev–Trinajstić information content (AvgIpc) is 3.08. The Kier molecular flexibility index (Phi) is 6.40. The zero-order chi connectivity index (χ0) is 17.7. The van der Waals surface area contributed by atoms with Gasteiger partial charge in [-0.3, -0.25) is 4.90 Å². The molecule has 1 heterocycles. The highest BCUT2D eigenvalue weighted by Crippen LogP contribution is 2.22. The van der Waals surface area contributed by atoms with Gasteiger partial charge in [-0.25, -0.2) is 17.5 Å². The van der Waals surface area contributed by atoms with Crippen molar-refractivity contribution in [1.29, 1.82) is 0 Å². The van der Waals surface area contributed by atoms with Crippen LogP contribution in [0.25, 0.3) is 0 Å². The summed E-state index contributed by atoms with van der Waals surface area (Å²) in [4.78, 5) is 2.01. The molecule has 2 rings (SSSR count). The molecule has 1 aromatic carbocycles. The third-order valence-electron chi connectivity index (χ3n) is 3.79. The number of rotatable bonds is 8. The highest BCUT2D eigenvalue weighted by atomic mass is 35.5. The summed E-state index contributed by atoms with van der Waals surface area (Å²) in [5.41, 5.74) is 0. The molecule has 0 fully saturated rings. The van der Waals surface area contributed by atoms with Crippen molar-refractivity contribution in [3.63, 3.8) is 0 Å². The van der Waals surface area contributed by atoms with Crippen LogP contribution in [0.4, 0.5) is 4.39 Å². The molecule has 0 aliphatic heterocycles. The average molecular weight is 375 g/mol. The molecule has 1 N–H and O–H groups in total. The van der Waals surface area contributed by atoms with Crippen molar-refractivity contribution < 1.29 is 17.2 Å². The van der Waals surface area contributed by atoms with Crippen LogP contribution in [-0.2, 0) is 10.0 Å². The van der Waals surface area contributed by atoms with E-state index in [1.807, 2.05) is 19.9 Å². The second kappa shape index (κ2) is 8.11. The van der Waals surface area contributed by atoms with Gasteiger partial charge in [0, 0.05) is 6.54 Å². The van der Waals surface area contributed by atoms with Crippen LogP contribution < -0.4 is 4.72 Å². The summed E-state index contributed by atoms with van der Waals surface area (Å²) < 4.78 is 46.1. The second-order valence-corrected chi connectivity index (χ2v) is 7.35. The van der Waals surface area contributed by atoms with Crippen LogP contribution in [0, 0.1) is 5.82 Å². The Hall–Kier alpha value is -1.41. The van der Waals surface area contributed by atoms with Crippen molar-refractivity contribution in [2.75, 3.05) is 19.6 Å². The Labute approximate surface area is 146 Å². The van der Waals surface area contributed by atoms with Gasteiger partial charge in [-0.1, -0.05) is 25.4 Å². The molecular weight excluding hydrogens is 355 g/mol. The van der Waals surface area contributed by atoms with E-state index < -0.39 is 15.8 Å². The summed E-state index contributed by atoms with van der Waals surface area (Å²) in [6, 6.07) is 6.65. The number of benzene rings is 1. The Bertz CT molecular complexity index is 762. The van der Waals surface area contributed by atoms with Gasteiger partial charge in [0.2, 0.25) is 10.0 Å². The fourth-order valence-corrected chi connectivity index (χ4v) is 3.78. The zero-order valence-corrected chi connectivity index (χ0v) is 15.1. The molecule has 1 atom stereocenters. The molecule has 1 aromatic heterocycles. The molecule has 1 unspecified atom stereocenters. The monoisotopic (exact) mass is 374 g/mol. The summed E-state index contributed by atoms with van der Waals surface area (Å²) in [7, 11) is -3.81. The van der Waals surface area contributed by atoms with Gasteiger partial charge >= 0.3 is 0 Å². The Morgan fingerprint density at radius 3 is 2.54 bits per heavy atom. The second-order valence-electron chi connectivity index (χ2n) is 5.18. The van der Waals surface area contributed by atoms with E-state index in [0.29, 0.717) is 5.76 Å². The highest BCUT2D eigenvalue weighted by Gasteiger charge is 2.24. The lowest BCUT2D eigenvalue weighted by atomic mass is 10.2. The van der Waals surface area contributed by atoms with Gasteiger partial charge in [0.15, 0.2) is 0 Å². The first-order valence-electron chi connectivity index (χ1n) is 7.61. The van der Waals surface area contributed by atoms with Crippen molar-refractivity contribution >= 4 is 21.6 Å². The number of nitrogens with zero attached hydrogens (tertiary/aromatic N) is 1. The van der Waals surface area contributed by atoms with E-state index in [1.165, 1.54) is 6.07 Å². The first-order valence-corrected chi connectivity index (χ1v) is 9.47. The SMILES string of the molecule is CCN(CC)C(CNS(=O)(=O)c1ccc(F)c(Cl)c1)c1ccco1. The molecule has 5 nitrogen and oxygen atoms in total. The minimum atomic E-state index is -3.81. The lowest BCUT2D eigenvalue weighted by molar-refractivity contribution is 0.194. The number of hydrogen-bond acceptors (Lipinski definition) is 4. The van der Waals surface area contributed by atoms with Crippen molar-refractivity contribution in [2.24, 2.45) is 0 Å². The van der Waals surface area contributed by atoms with E-state index in [1.54, 1.807) is 12.3 Å². The third kappa shape index (κ3) is 4.36. The number of hydrogen-bond donors (Lipinski definition) is 1. The molecule has 0 saturated heterocycles. The van der Waals surface area contributed by atoms with Crippen LogP contribution in [0.1, 0.15) is 25.6 Å². The third-order valence-corrected chi connectivity index (χ3v) is 5.50. The fraction of sp³-hybridized carbons (Fsp3) is 0.375. The molecule has 0 amide bonds. The summed E-state index contributed by atoms with van der Waals surface area (Å²) in [5, 5.41) is -0.232. The van der Waals surface area contributed by atoms with Gasteiger partial charge in [0.25, 0.3) is 0 Å². The molecule has 0 aliphatic carbocycles. The van der Waals surface area contributed by atoms with Crippen LogP contribution in [0.15, 0.2) is 45.9 Å². The fourth-order valence-electron chi connectivity index (χ4n) is 2.47. The lowest BCUT2D eigenvalue weighted by Gasteiger charge is -2.28. The predicted octanol–water partition coefficient (Wildman–Crippen LogP) is 3.43. The predicted molar refractivity (Wildman–Crippen MR) is 91.0 cm³/mol. The molecule has 24 heavy (non-hydrogen) atoms. The smallest absolute Gasteiger partial charge is 0.240 e.